The third-order valence-electron chi connectivity index (χ3n) is 12.0. The summed E-state index contributed by atoms with van der Waals surface area (Å²) in [6.07, 6.45) is 0. The van der Waals surface area contributed by atoms with E-state index in [0.717, 1.165) is 106 Å². The first-order chi connectivity index (χ1) is 28.4. The molecule has 8 aromatic carbocycles. The third kappa shape index (κ3) is 4.57. The van der Waals surface area contributed by atoms with Gasteiger partial charge in [0.05, 0.1) is 28.4 Å². The van der Waals surface area contributed by atoms with Gasteiger partial charge in [0.1, 0.15) is 11.2 Å². The number of furan rings is 2. The number of ketones is 1. The van der Waals surface area contributed by atoms with E-state index in [9.17, 15) is 4.79 Å². The molecule has 1 aliphatic carbocycles. The number of carbonyl (C=O) groups excluding carboxylic acids is 1. The molecule has 0 amide bonds. The van der Waals surface area contributed by atoms with Crippen LogP contribution >= 0.6 is 0 Å². The zero-order valence-corrected chi connectivity index (χ0v) is 31.7. The van der Waals surface area contributed by atoms with E-state index in [2.05, 4.69) is 115 Å². The first-order valence-corrected chi connectivity index (χ1v) is 19.5. The summed E-state index contributed by atoms with van der Waals surface area (Å²) in [4.78, 5) is 18.3. The molecule has 2 aromatic heterocycles. The van der Waals surface area contributed by atoms with Gasteiger partial charge in [0.25, 0.3) is 0 Å². The standard InChI is InChI=1S/C52H34N2O4/c1-52(2)39-18-6-3-15-37(39)49(55)38-27-25-31(29-40(38)52)53-41-19-7-10-24-47(41)56-48-30-32(26-28-42(48)53)54(43-20-11-16-35-33-13-4-8-22-45(33)57-50(35)43)44-21-12-17-36-34-14-5-9-23-46(34)58-51(36)44/h3-30H,1-2H3. The van der Waals surface area contributed by atoms with Crippen molar-refractivity contribution in [1.29, 1.82) is 0 Å². The molecule has 12 rings (SSSR count). The van der Waals surface area contributed by atoms with Crippen molar-refractivity contribution in [3.05, 3.63) is 192 Å². The molecule has 6 heteroatoms. The van der Waals surface area contributed by atoms with Crippen molar-refractivity contribution < 1.29 is 18.4 Å². The van der Waals surface area contributed by atoms with Crippen LogP contribution in [0.3, 0.4) is 0 Å². The van der Waals surface area contributed by atoms with Crippen molar-refractivity contribution in [2.45, 2.75) is 19.3 Å². The lowest BCUT2D eigenvalue weighted by Gasteiger charge is -2.37. The summed E-state index contributed by atoms with van der Waals surface area (Å²) in [5.41, 5.74) is 11.7. The molecule has 6 nitrogen and oxygen atoms in total. The highest BCUT2D eigenvalue weighted by Crippen LogP contribution is 2.54. The van der Waals surface area contributed by atoms with Crippen molar-refractivity contribution in [2.75, 3.05) is 9.80 Å². The Morgan fingerprint density at radius 2 is 1.09 bits per heavy atom. The summed E-state index contributed by atoms with van der Waals surface area (Å²) >= 11 is 0. The minimum atomic E-state index is -0.385. The maximum atomic E-state index is 13.8. The van der Waals surface area contributed by atoms with Crippen LogP contribution in [-0.2, 0) is 5.41 Å². The van der Waals surface area contributed by atoms with Gasteiger partial charge in [0.15, 0.2) is 28.4 Å². The van der Waals surface area contributed by atoms with Crippen molar-refractivity contribution >= 4 is 83.8 Å². The van der Waals surface area contributed by atoms with Gasteiger partial charge in [-0.3, -0.25) is 4.79 Å². The molecule has 0 atom stereocenters. The van der Waals surface area contributed by atoms with E-state index in [1.54, 1.807) is 0 Å². The van der Waals surface area contributed by atoms with Gasteiger partial charge in [-0.05, 0) is 77.9 Å². The monoisotopic (exact) mass is 750 g/mol. The number of benzene rings is 8. The molecule has 276 valence electrons. The molecule has 0 fully saturated rings. The van der Waals surface area contributed by atoms with E-state index in [4.69, 9.17) is 13.6 Å². The van der Waals surface area contributed by atoms with Crippen LogP contribution in [0, 0.1) is 0 Å². The Balaban J connectivity index is 1.07. The van der Waals surface area contributed by atoms with Gasteiger partial charge in [-0.2, -0.15) is 0 Å². The van der Waals surface area contributed by atoms with Gasteiger partial charge in [-0.15, -0.1) is 0 Å². The van der Waals surface area contributed by atoms with Crippen LogP contribution < -0.4 is 14.5 Å². The Hall–Kier alpha value is -7.57. The van der Waals surface area contributed by atoms with Crippen LogP contribution in [0.1, 0.15) is 40.9 Å². The number of carbonyl (C=O) groups is 1. The number of fused-ring (bicyclic) bond motifs is 10. The van der Waals surface area contributed by atoms with Crippen LogP contribution in [-0.4, -0.2) is 5.78 Å². The summed E-state index contributed by atoms with van der Waals surface area (Å²) in [5, 5.41) is 4.17. The van der Waals surface area contributed by atoms with Crippen molar-refractivity contribution in [2.24, 2.45) is 0 Å². The molecule has 0 spiro atoms. The first kappa shape index (κ1) is 32.7. The average Bonchev–Trinajstić information content (AvgIpc) is 3.84. The predicted molar refractivity (Wildman–Crippen MR) is 232 cm³/mol. The van der Waals surface area contributed by atoms with Crippen molar-refractivity contribution in [1.82, 2.24) is 0 Å². The quantitative estimate of drug-likeness (QED) is 0.178. The van der Waals surface area contributed by atoms with Crippen LogP contribution in [0.2, 0.25) is 0 Å². The number of hydrogen-bond acceptors (Lipinski definition) is 6. The molecule has 0 bridgehead atoms. The third-order valence-corrected chi connectivity index (χ3v) is 12.0. The number of ether oxygens (including phenoxy) is 1. The molecular formula is C52H34N2O4. The summed E-state index contributed by atoms with van der Waals surface area (Å²) < 4.78 is 20.1. The molecule has 0 radical (unpaired) electrons. The molecule has 58 heavy (non-hydrogen) atoms. The van der Waals surface area contributed by atoms with Crippen molar-refractivity contribution in [3.63, 3.8) is 0 Å². The van der Waals surface area contributed by atoms with Crippen LogP contribution in [0.4, 0.5) is 34.1 Å². The fourth-order valence-electron chi connectivity index (χ4n) is 9.29. The van der Waals surface area contributed by atoms with E-state index in [0.29, 0.717) is 5.75 Å². The highest BCUT2D eigenvalue weighted by Gasteiger charge is 2.38. The molecule has 10 aromatic rings. The van der Waals surface area contributed by atoms with Crippen LogP contribution in [0.25, 0.3) is 43.9 Å². The number of para-hydroxylation sites is 6. The Morgan fingerprint density at radius 1 is 0.500 bits per heavy atom. The maximum absolute atomic E-state index is 13.8. The van der Waals surface area contributed by atoms with Gasteiger partial charge in [0.2, 0.25) is 0 Å². The van der Waals surface area contributed by atoms with Gasteiger partial charge < -0.3 is 23.4 Å². The Morgan fingerprint density at radius 3 is 1.81 bits per heavy atom. The normalized spacial score (nSPS) is 14.0. The first-order valence-electron chi connectivity index (χ1n) is 19.5. The minimum absolute atomic E-state index is 0.0583. The molecule has 3 heterocycles. The molecule has 0 unspecified atom stereocenters. The second kappa shape index (κ2) is 12.0. The molecule has 2 aliphatic rings. The number of nitrogens with zero attached hydrogens (tertiary/aromatic N) is 2. The highest BCUT2D eigenvalue weighted by molar-refractivity contribution is 6.15. The summed E-state index contributed by atoms with van der Waals surface area (Å²) in [6.45, 7) is 4.40. The number of anilines is 6. The van der Waals surface area contributed by atoms with Gasteiger partial charge in [0, 0.05) is 49.8 Å². The van der Waals surface area contributed by atoms with Gasteiger partial charge in [-0.25, -0.2) is 0 Å². The van der Waals surface area contributed by atoms with E-state index in [-0.39, 0.29) is 11.2 Å². The average molecular weight is 751 g/mol. The van der Waals surface area contributed by atoms with Crippen LogP contribution in [0.15, 0.2) is 179 Å². The lowest BCUT2D eigenvalue weighted by molar-refractivity contribution is 0.103. The maximum Gasteiger partial charge on any atom is 0.193 e. The van der Waals surface area contributed by atoms with Crippen molar-refractivity contribution in [3.8, 4) is 11.5 Å². The van der Waals surface area contributed by atoms with E-state index < -0.39 is 0 Å². The Labute approximate surface area is 333 Å². The summed E-state index contributed by atoms with van der Waals surface area (Å²) in [5.74, 6) is 1.48. The lowest BCUT2D eigenvalue weighted by Crippen LogP contribution is -2.30. The largest absolute Gasteiger partial charge is 0.454 e. The number of rotatable bonds is 4. The fourth-order valence-corrected chi connectivity index (χ4v) is 9.29. The highest BCUT2D eigenvalue weighted by atomic mass is 16.5. The molecule has 1 aliphatic heterocycles. The van der Waals surface area contributed by atoms with Gasteiger partial charge in [-0.1, -0.05) is 111 Å². The predicted octanol–water partition coefficient (Wildman–Crippen LogP) is 14.4. The molecule has 0 N–H and O–H groups in total. The zero-order chi connectivity index (χ0) is 38.7. The van der Waals surface area contributed by atoms with E-state index in [1.807, 2.05) is 78.9 Å². The Bertz CT molecular complexity index is 3240. The van der Waals surface area contributed by atoms with E-state index >= 15 is 0 Å². The second-order valence-corrected chi connectivity index (χ2v) is 15.6. The Kier molecular flexibility index (Phi) is 6.74. The fraction of sp³-hybridized carbons (Fsp3) is 0.0577. The lowest BCUT2D eigenvalue weighted by atomic mass is 9.68. The van der Waals surface area contributed by atoms with Gasteiger partial charge >= 0.3 is 0 Å². The molecular weight excluding hydrogens is 717 g/mol. The SMILES string of the molecule is CC1(C)c2ccccc2C(=O)c2ccc(N3c4ccccc4Oc4cc(N(c5cccc6c5oc5ccccc56)c5cccc6c5oc5ccccc56)ccc43)cc21. The molecule has 0 saturated carbocycles. The summed E-state index contributed by atoms with van der Waals surface area (Å²) in [7, 11) is 0. The van der Waals surface area contributed by atoms with E-state index in [1.165, 1.54) is 0 Å². The molecule has 0 saturated heterocycles. The summed E-state index contributed by atoms with van der Waals surface area (Å²) in [6, 6.07) is 57.6. The topological polar surface area (TPSA) is 59.1 Å². The minimum Gasteiger partial charge on any atom is -0.454 e. The second-order valence-electron chi connectivity index (χ2n) is 15.6. The smallest absolute Gasteiger partial charge is 0.193 e. The number of hydrogen-bond donors (Lipinski definition) is 0. The zero-order valence-electron chi connectivity index (χ0n) is 31.7. The van der Waals surface area contributed by atoms with Crippen LogP contribution in [0.5, 0.6) is 11.5 Å².